The van der Waals surface area contributed by atoms with Crippen molar-refractivity contribution in [3.05, 3.63) is 24.6 Å². The molecule has 3 nitrogen and oxygen atoms in total. The minimum absolute atomic E-state index is 1.02. The van der Waals surface area contributed by atoms with Crippen LogP contribution in [0.2, 0.25) is 0 Å². The monoisotopic (exact) mass is 205 g/mol. The molecule has 0 amide bonds. The summed E-state index contributed by atoms with van der Waals surface area (Å²) in [5, 5.41) is 11.3. The summed E-state index contributed by atoms with van der Waals surface area (Å²) in [4.78, 5) is 3.70. The van der Waals surface area contributed by atoms with Crippen molar-refractivity contribution < 1.29 is 0 Å². The lowest BCUT2D eigenvalue weighted by Gasteiger charge is -1.98. The fourth-order valence-corrected chi connectivity index (χ4v) is 1.04. The average Bonchev–Trinajstić information content (AvgIpc) is 2.26. The van der Waals surface area contributed by atoms with E-state index >= 15 is 0 Å². The van der Waals surface area contributed by atoms with Crippen LogP contribution in [0.15, 0.2) is 29.5 Å². The standard InChI is InChI=1S/C12H19N3/c1-2-3-4-5-9-14-10-6-7-11-15-12-8-13/h6-7,10-12,14H,2-5,9H2,1H3/b10-6+,11-7+,15-12?. The number of rotatable bonds is 8. The second-order valence-corrected chi connectivity index (χ2v) is 3.12. The molecule has 0 saturated carbocycles. The second-order valence-electron chi connectivity index (χ2n) is 3.12. The molecule has 0 aliphatic heterocycles. The van der Waals surface area contributed by atoms with E-state index in [0.29, 0.717) is 0 Å². The Balaban J connectivity index is 3.28. The van der Waals surface area contributed by atoms with Crippen molar-refractivity contribution in [1.29, 1.82) is 5.26 Å². The molecule has 0 aliphatic carbocycles. The molecule has 0 heterocycles. The Morgan fingerprint density at radius 2 is 2.13 bits per heavy atom. The van der Waals surface area contributed by atoms with E-state index in [1.54, 1.807) is 12.3 Å². The van der Waals surface area contributed by atoms with E-state index in [9.17, 15) is 0 Å². The zero-order valence-electron chi connectivity index (χ0n) is 9.32. The molecule has 0 saturated heterocycles. The van der Waals surface area contributed by atoms with Gasteiger partial charge in [0.05, 0.1) is 0 Å². The minimum Gasteiger partial charge on any atom is -0.391 e. The van der Waals surface area contributed by atoms with Gasteiger partial charge < -0.3 is 5.32 Å². The Labute approximate surface area is 92.2 Å². The van der Waals surface area contributed by atoms with E-state index in [0.717, 1.165) is 6.54 Å². The molecule has 0 unspecified atom stereocenters. The highest BCUT2D eigenvalue weighted by Gasteiger charge is 1.83. The van der Waals surface area contributed by atoms with Crippen molar-refractivity contribution in [3.8, 4) is 6.07 Å². The van der Waals surface area contributed by atoms with Gasteiger partial charge in [-0.25, -0.2) is 0 Å². The van der Waals surface area contributed by atoms with Crippen molar-refractivity contribution in [2.24, 2.45) is 4.99 Å². The van der Waals surface area contributed by atoms with Gasteiger partial charge in [-0.2, -0.15) is 5.26 Å². The van der Waals surface area contributed by atoms with Gasteiger partial charge >= 0.3 is 0 Å². The molecule has 82 valence electrons. The van der Waals surface area contributed by atoms with E-state index < -0.39 is 0 Å². The van der Waals surface area contributed by atoms with Gasteiger partial charge in [-0.3, -0.25) is 4.99 Å². The predicted octanol–water partition coefficient (Wildman–Crippen LogP) is 2.78. The number of aliphatic imine (C=N–C) groups is 1. The molecular weight excluding hydrogens is 186 g/mol. The fourth-order valence-electron chi connectivity index (χ4n) is 1.04. The van der Waals surface area contributed by atoms with Gasteiger partial charge in [0.2, 0.25) is 0 Å². The molecule has 0 spiro atoms. The lowest BCUT2D eigenvalue weighted by molar-refractivity contribution is 0.646. The van der Waals surface area contributed by atoms with Crippen LogP contribution in [0, 0.1) is 11.3 Å². The molecule has 0 atom stereocenters. The highest BCUT2D eigenvalue weighted by molar-refractivity contribution is 5.75. The first-order valence-corrected chi connectivity index (χ1v) is 5.38. The molecule has 0 bridgehead atoms. The van der Waals surface area contributed by atoms with Crippen LogP contribution in [0.1, 0.15) is 32.6 Å². The average molecular weight is 205 g/mol. The Bertz CT molecular complexity index is 246. The zero-order chi connectivity index (χ0) is 11.2. The summed E-state index contributed by atoms with van der Waals surface area (Å²) >= 11 is 0. The largest absolute Gasteiger partial charge is 0.391 e. The number of hydrogen-bond acceptors (Lipinski definition) is 3. The van der Waals surface area contributed by atoms with Crippen LogP contribution in [-0.2, 0) is 0 Å². The van der Waals surface area contributed by atoms with Crippen molar-refractivity contribution in [1.82, 2.24) is 5.32 Å². The third-order valence-corrected chi connectivity index (χ3v) is 1.80. The van der Waals surface area contributed by atoms with Crippen molar-refractivity contribution in [3.63, 3.8) is 0 Å². The molecule has 0 radical (unpaired) electrons. The molecule has 1 N–H and O–H groups in total. The fraction of sp³-hybridized carbons (Fsp3) is 0.500. The van der Waals surface area contributed by atoms with Gasteiger partial charge in [0, 0.05) is 12.7 Å². The van der Waals surface area contributed by atoms with Crippen LogP contribution >= 0.6 is 0 Å². The van der Waals surface area contributed by atoms with E-state index in [4.69, 9.17) is 5.26 Å². The van der Waals surface area contributed by atoms with Crippen molar-refractivity contribution in [2.75, 3.05) is 6.54 Å². The number of allylic oxidation sites excluding steroid dienone is 2. The van der Waals surface area contributed by atoms with Crippen LogP contribution < -0.4 is 5.32 Å². The number of unbranched alkanes of at least 4 members (excludes halogenated alkanes) is 3. The Morgan fingerprint density at radius 1 is 1.27 bits per heavy atom. The van der Waals surface area contributed by atoms with Crippen molar-refractivity contribution in [2.45, 2.75) is 32.6 Å². The maximum Gasteiger partial charge on any atom is 0.111 e. The van der Waals surface area contributed by atoms with Crippen LogP contribution in [0.4, 0.5) is 0 Å². The third kappa shape index (κ3) is 12.4. The Morgan fingerprint density at radius 3 is 2.87 bits per heavy atom. The zero-order valence-corrected chi connectivity index (χ0v) is 9.32. The van der Waals surface area contributed by atoms with Crippen LogP contribution in [-0.4, -0.2) is 12.8 Å². The summed E-state index contributed by atoms with van der Waals surface area (Å²) in [6.07, 6.45) is 13.4. The maximum atomic E-state index is 8.15. The molecule has 0 aromatic carbocycles. The van der Waals surface area contributed by atoms with Gasteiger partial charge in [-0.05, 0) is 24.8 Å². The van der Waals surface area contributed by atoms with Crippen molar-refractivity contribution >= 4 is 6.21 Å². The highest BCUT2D eigenvalue weighted by atomic mass is 14.8. The summed E-state index contributed by atoms with van der Waals surface area (Å²) in [6, 6.07) is 1.82. The van der Waals surface area contributed by atoms with Crippen LogP contribution in [0.25, 0.3) is 0 Å². The molecule has 0 aromatic rings. The van der Waals surface area contributed by atoms with Gasteiger partial charge in [0.25, 0.3) is 0 Å². The number of nitrogens with one attached hydrogen (secondary N) is 1. The molecule has 0 fully saturated rings. The summed E-state index contributed by atoms with van der Waals surface area (Å²) in [6.45, 7) is 3.23. The molecule has 0 aliphatic rings. The normalized spacial score (nSPS) is 11.5. The van der Waals surface area contributed by atoms with E-state index in [2.05, 4.69) is 17.2 Å². The smallest absolute Gasteiger partial charge is 0.111 e. The lowest BCUT2D eigenvalue weighted by atomic mass is 10.2. The molecule has 3 heteroatoms. The lowest BCUT2D eigenvalue weighted by Crippen LogP contribution is -2.05. The SMILES string of the molecule is CCCCCCN/C=C/C=C/N=CC#N. The van der Waals surface area contributed by atoms with Crippen LogP contribution in [0.3, 0.4) is 0 Å². The highest BCUT2D eigenvalue weighted by Crippen LogP contribution is 1.96. The summed E-state index contributed by atoms with van der Waals surface area (Å²) in [5.74, 6) is 0. The van der Waals surface area contributed by atoms with E-state index in [-0.39, 0.29) is 0 Å². The molecule has 15 heavy (non-hydrogen) atoms. The molecule has 0 aromatic heterocycles. The third-order valence-electron chi connectivity index (χ3n) is 1.80. The maximum absolute atomic E-state index is 8.15. The quantitative estimate of drug-likeness (QED) is 0.376. The second kappa shape index (κ2) is 12.4. The van der Waals surface area contributed by atoms with Gasteiger partial charge in [0.1, 0.15) is 12.3 Å². The first-order chi connectivity index (χ1) is 7.41. The summed E-state index contributed by atoms with van der Waals surface area (Å²) in [7, 11) is 0. The number of hydrogen-bond donors (Lipinski definition) is 1. The Kier molecular flexibility index (Phi) is 11.1. The number of nitrogens with zero attached hydrogens (tertiary/aromatic N) is 2. The molecular formula is C12H19N3. The van der Waals surface area contributed by atoms with E-state index in [1.807, 2.05) is 18.3 Å². The van der Waals surface area contributed by atoms with Crippen LogP contribution in [0.5, 0.6) is 0 Å². The first kappa shape index (κ1) is 13.4. The van der Waals surface area contributed by atoms with E-state index in [1.165, 1.54) is 31.9 Å². The number of nitriles is 1. The minimum atomic E-state index is 1.02. The van der Waals surface area contributed by atoms with Gasteiger partial charge in [-0.1, -0.05) is 26.2 Å². The summed E-state index contributed by atoms with van der Waals surface area (Å²) in [5.41, 5.74) is 0. The predicted molar refractivity (Wildman–Crippen MR) is 64.5 cm³/mol. The topological polar surface area (TPSA) is 48.2 Å². The van der Waals surface area contributed by atoms with Gasteiger partial charge in [0.15, 0.2) is 0 Å². The summed E-state index contributed by atoms with van der Waals surface area (Å²) < 4.78 is 0. The molecule has 0 rings (SSSR count). The Hall–Kier alpha value is -1.56. The van der Waals surface area contributed by atoms with Gasteiger partial charge in [-0.15, -0.1) is 0 Å². The first-order valence-electron chi connectivity index (χ1n) is 5.38.